The number of aliphatic carboxylic acids is 1. The Hall–Kier alpha value is -1.33. The molecule has 0 bridgehead atoms. The van der Waals surface area contributed by atoms with Crippen molar-refractivity contribution in [2.75, 3.05) is 5.75 Å². The third kappa shape index (κ3) is 3.11. The van der Waals surface area contributed by atoms with Crippen LogP contribution in [-0.2, 0) is 4.79 Å². The zero-order chi connectivity index (χ0) is 13.0. The number of nitrogens with zero attached hydrogens (tertiary/aromatic N) is 1. The molecular formula is C13H13NO2S2. The third-order valence-electron chi connectivity index (χ3n) is 2.48. The molecule has 1 unspecified atom stereocenters. The minimum atomic E-state index is -0.775. The van der Waals surface area contributed by atoms with Crippen LogP contribution in [0.25, 0.3) is 10.2 Å². The first-order valence-corrected chi connectivity index (χ1v) is 7.33. The van der Waals surface area contributed by atoms with E-state index in [0.717, 1.165) is 14.6 Å². The average molecular weight is 279 g/mol. The van der Waals surface area contributed by atoms with E-state index in [0.29, 0.717) is 12.2 Å². The van der Waals surface area contributed by atoms with Gasteiger partial charge in [-0.1, -0.05) is 30.0 Å². The van der Waals surface area contributed by atoms with E-state index < -0.39 is 5.97 Å². The van der Waals surface area contributed by atoms with Gasteiger partial charge in [-0.25, -0.2) is 4.98 Å². The Morgan fingerprint density at radius 2 is 2.33 bits per heavy atom. The van der Waals surface area contributed by atoms with Gasteiger partial charge in [-0.15, -0.1) is 17.9 Å². The Bertz CT molecular complexity index is 532. The van der Waals surface area contributed by atoms with Gasteiger partial charge in [0.05, 0.1) is 16.1 Å². The number of fused-ring (bicyclic) bond motifs is 1. The molecule has 3 nitrogen and oxygen atoms in total. The summed E-state index contributed by atoms with van der Waals surface area (Å²) in [7, 11) is 0. The molecule has 0 aliphatic heterocycles. The number of para-hydroxylation sites is 1. The van der Waals surface area contributed by atoms with Crippen molar-refractivity contribution in [1.82, 2.24) is 4.98 Å². The highest BCUT2D eigenvalue weighted by Gasteiger charge is 2.17. The second kappa shape index (κ2) is 6.02. The highest BCUT2D eigenvalue weighted by molar-refractivity contribution is 8.01. The van der Waals surface area contributed by atoms with Crippen molar-refractivity contribution in [2.45, 2.75) is 10.8 Å². The predicted octanol–water partition coefficient (Wildman–Crippen LogP) is 3.67. The molecule has 0 radical (unpaired) electrons. The van der Waals surface area contributed by atoms with Crippen molar-refractivity contribution >= 4 is 39.3 Å². The molecule has 1 N–H and O–H groups in total. The lowest BCUT2D eigenvalue weighted by Gasteiger charge is -2.07. The molecule has 0 aliphatic carbocycles. The van der Waals surface area contributed by atoms with Crippen LogP contribution in [-0.4, -0.2) is 21.8 Å². The Morgan fingerprint density at radius 1 is 1.56 bits per heavy atom. The number of carbonyl (C=O) groups is 1. The monoisotopic (exact) mass is 279 g/mol. The van der Waals surface area contributed by atoms with E-state index in [2.05, 4.69) is 11.6 Å². The molecule has 0 fully saturated rings. The van der Waals surface area contributed by atoms with E-state index in [-0.39, 0.29) is 5.92 Å². The largest absolute Gasteiger partial charge is 0.481 e. The zero-order valence-corrected chi connectivity index (χ0v) is 11.3. The maximum atomic E-state index is 11.0. The topological polar surface area (TPSA) is 50.2 Å². The molecule has 2 aromatic rings. The van der Waals surface area contributed by atoms with Gasteiger partial charge >= 0.3 is 5.97 Å². The van der Waals surface area contributed by atoms with Gasteiger partial charge in [0.1, 0.15) is 0 Å². The molecule has 1 heterocycles. The van der Waals surface area contributed by atoms with Crippen molar-refractivity contribution in [1.29, 1.82) is 0 Å². The van der Waals surface area contributed by atoms with Crippen LogP contribution in [0.4, 0.5) is 0 Å². The molecule has 0 saturated heterocycles. The highest BCUT2D eigenvalue weighted by atomic mass is 32.2. The maximum absolute atomic E-state index is 11.0. The van der Waals surface area contributed by atoms with Crippen LogP contribution in [0.3, 0.4) is 0 Å². The number of aromatic nitrogens is 1. The minimum Gasteiger partial charge on any atom is -0.481 e. The van der Waals surface area contributed by atoms with Gasteiger partial charge in [0, 0.05) is 5.75 Å². The molecule has 94 valence electrons. The fraction of sp³-hybridized carbons (Fsp3) is 0.231. The maximum Gasteiger partial charge on any atom is 0.307 e. The van der Waals surface area contributed by atoms with Crippen LogP contribution in [0, 0.1) is 5.92 Å². The van der Waals surface area contributed by atoms with Crippen molar-refractivity contribution in [3.63, 3.8) is 0 Å². The first kappa shape index (κ1) is 13.1. The summed E-state index contributed by atoms with van der Waals surface area (Å²) in [5.74, 6) is -0.635. The number of thioether (sulfide) groups is 1. The number of hydrogen-bond donors (Lipinski definition) is 1. The Kier molecular flexibility index (Phi) is 4.38. The Morgan fingerprint density at radius 3 is 3.00 bits per heavy atom. The van der Waals surface area contributed by atoms with E-state index in [1.54, 1.807) is 17.4 Å². The molecule has 0 amide bonds. The summed E-state index contributed by atoms with van der Waals surface area (Å²) in [5.41, 5.74) is 0.973. The smallest absolute Gasteiger partial charge is 0.307 e. The Labute approximate surface area is 114 Å². The highest BCUT2D eigenvalue weighted by Crippen LogP contribution is 2.30. The van der Waals surface area contributed by atoms with E-state index >= 15 is 0 Å². The molecule has 1 atom stereocenters. The van der Waals surface area contributed by atoms with Crippen LogP contribution in [0.2, 0.25) is 0 Å². The van der Waals surface area contributed by atoms with Crippen molar-refractivity contribution in [3.8, 4) is 0 Å². The van der Waals surface area contributed by atoms with Gasteiger partial charge in [0.2, 0.25) is 0 Å². The molecule has 0 aliphatic rings. The zero-order valence-electron chi connectivity index (χ0n) is 9.70. The van der Waals surface area contributed by atoms with Crippen LogP contribution in [0.5, 0.6) is 0 Å². The fourth-order valence-corrected chi connectivity index (χ4v) is 3.72. The van der Waals surface area contributed by atoms with Crippen LogP contribution < -0.4 is 0 Å². The number of benzene rings is 1. The van der Waals surface area contributed by atoms with Gasteiger partial charge in [0.15, 0.2) is 4.34 Å². The summed E-state index contributed by atoms with van der Waals surface area (Å²) in [6.45, 7) is 3.59. The number of carboxylic acids is 1. The summed E-state index contributed by atoms with van der Waals surface area (Å²) >= 11 is 3.10. The van der Waals surface area contributed by atoms with Gasteiger partial charge < -0.3 is 5.11 Å². The quantitative estimate of drug-likeness (QED) is 0.647. The number of carboxylic acid groups (broad SMARTS) is 1. The van der Waals surface area contributed by atoms with Crippen LogP contribution in [0.1, 0.15) is 6.42 Å². The number of allylic oxidation sites excluding steroid dienone is 1. The summed E-state index contributed by atoms with van der Waals surface area (Å²) in [4.78, 5) is 15.5. The van der Waals surface area contributed by atoms with Gasteiger partial charge in [0.25, 0.3) is 0 Å². The average Bonchev–Trinajstić information content (AvgIpc) is 2.76. The first-order valence-electron chi connectivity index (χ1n) is 5.53. The predicted molar refractivity (Wildman–Crippen MR) is 76.3 cm³/mol. The van der Waals surface area contributed by atoms with E-state index in [1.807, 2.05) is 24.3 Å². The molecule has 18 heavy (non-hydrogen) atoms. The second-order valence-electron chi connectivity index (χ2n) is 3.82. The van der Waals surface area contributed by atoms with Gasteiger partial charge in [-0.3, -0.25) is 4.79 Å². The standard InChI is InChI=1S/C13H13NO2S2/c1-2-5-9(12(15)16)8-17-13-14-10-6-3-4-7-11(10)18-13/h2-4,6-7,9H,1,5,8H2,(H,15,16). The summed E-state index contributed by atoms with van der Waals surface area (Å²) < 4.78 is 2.06. The fourth-order valence-electron chi connectivity index (χ4n) is 1.53. The molecule has 1 aromatic heterocycles. The second-order valence-corrected chi connectivity index (χ2v) is 6.12. The summed E-state index contributed by atoms with van der Waals surface area (Å²) in [6.07, 6.45) is 2.14. The number of rotatable bonds is 6. The van der Waals surface area contributed by atoms with E-state index in [9.17, 15) is 4.79 Å². The van der Waals surface area contributed by atoms with Crippen LogP contribution >= 0.6 is 23.1 Å². The number of thiazole rings is 1. The lowest BCUT2D eigenvalue weighted by molar-refractivity contribution is -0.140. The first-order chi connectivity index (χ1) is 8.70. The van der Waals surface area contributed by atoms with E-state index in [4.69, 9.17) is 5.11 Å². The third-order valence-corrected chi connectivity index (χ3v) is 4.82. The molecule has 1 aromatic carbocycles. The van der Waals surface area contributed by atoms with Gasteiger partial charge in [-0.2, -0.15) is 0 Å². The lowest BCUT2D eigenvalue weighted by atomic mass is 10.1. The summed E-state index contributed by atoms with van der Waals surface area (Å²) in [5, 5.41) is 9.04. The molecule has 5 heteroatoms. The molecule has 2 rings (SSSR count). The molecule has 0 spiro atoms. The Balaban J connectivity index is 2.04. The SMILES string of the molecule is C=CCC(CSc1nc2ccccc2s1)C(=O)O. The molecule has 0 saturated carbocycles. The minimum absolute atomic E-state index is 0.389. The number of hydrogen-bond acceptors (Lipinski definition) is 4. The normalized spacial score (nSPS) is 12.4. The van der Waals surface area contributed by atoms with Crippen LogP contribution in [0.15, 0.2) is 41.3 Å². The van der Waals surface area contributed by atoms with Crippen molar-refractivity contribution in [3.05, 3.63) is 36.9 Å². The molecular weight excluding hydrogens is 266 g/mol. The summed E-state index contributed by atoms with van der Waals surface area (Å²) in [6, 6.07) is 7.92. The van der Waals surface area contributed by atoms with Crippen molar-refractivity contribution < 1.29 is 9.90 Å². The van der Waals surface area contributed by atoms with E-state index in [1.165, 1.54) is 11.8 Å². The van der Waals surface area contributed by atoms with Crippen molar-refractivity contribution in [2.24, 2.45) is 5.92 Å². The lowest BCUT2D eigenvalue weighted by Crippen LogP contribution is -2.15. The van der Waals surface area contributed by atoms with Gasteiger partial charge in [-0.05, 0) is 18.6 Å².